The predicted octanol–water partition coefficient (Wildman–Crippen LogP) is 0.428. The number of primary amides is 1. The van der Waals surface area contributed by atoms with Crippen LogP contribution in [0.2, 0.25) is 0 Å². The minimum absolute atomic E-state index is 0.449. The number of benzene rings is 1. The molecule has 0 bridgehead atoms. The van der Waals surface area contributed by atoms with Gasteiger partial charge in [-0.15, -0.1) is 0 Å². The molecule has 1 unspecified atom stereocenters. The number of rotatable bonds is 1. The van der Waals surface area contributed by atoms with Crippen LogP contribution < -0.4 is 16.4 Å². The van der Waals surface area contributed by atoms with E-state index in [1.54, 1.807) is 6.08 Å². The minimum atomic E-state index is -0.532. The van der Waals surface area contributed by atoms with Gasteiger partial charge in [-0.05, 0) is 18.2 Å². The molecule has 0 saturated carbocycles. The van der Waals surface area contributed by atoms with Gasteiger partial charge in [-0.1, -0.05) is 18.2 Å². The van der Waals surface area contributed by atoms with Crippen molar-refractivity contribution in [2.45, 2.75) is 5.54 Å². The van der Waals surface area contributed by atoms with Crippen LogP contribution in [0.5, 0.6) is 0 Å². The summed E-state index contributed by atoms with van der Waals surface area (Å²) in [6.45, 7) is 0.638. The first-order valence-electron chi connectivity index (χ1n) is 6.14. The van der Waals surface area contributed by atoms with Crippen molar-refractivity contribution in [1.29, 1.82) is 0 Å². The van der Waals surface area contributed by atoms with E-state index in [0.29, 0.717) is 18.0 Å². The third kappa shape index (κ3) is 1.13. The summed E-state index contributed by atoms with van der Waals surface area (Å²) in [6.07, 6.45) is 3.64. The summed E-state index contributed by atoms with van der Waals surface area (Å²) >= 11 is 0. The zero-order valence-corrected chi connectivity index (χ0v) is 10.1. The van der Waals surface area contributed by atoms with Crippen molar-refractivity contribution >= 4 is 17.3 Å². The molecule has 5 nitrogen and oxygen atoms in total. The number of nitrogens with two attached hydrogens (primary N) is 1. The maximum absolute atomic E-state index is 11.6. The molecule has 1 aromatic carbocycles. The van der Waals surface area contributed by atoms with Crippen LogP contribution in [0.25, 0.3) is 0 Å². The molecule has 2 aliphatic heterocycles. The molecular weight excluding hydrogens is 240 g/mol. The van der Waals surface area contributed by atoms with E-state index >= 15 is 0 Å². The van der Waals surface area contributed by atoms with Crippen molar-refractivity contribution in [2.75, 3.05) is 6.67 Å². The first-order valence-corrected chi connectivity index (χ1v) is 6.14. The number of aliphatic imine (C=N–C) groups is 1. The molecule has 3 aliphatic rings. The number of hydrogen-bond acceptors (Lipinski definition) is 4. The Kier molecular flexibility index (Phi) is 1.84. The maximum Gasteiger partial charge on any atom is 0.250 e. The SMILES string of the molecule is NC(=O)C1=CC=C2NCNC23C1=Nc1ccccc13. The van der Waals surface area contributed by atoms with E-state index in [1.165, 1.54) is 0 Å². The van der Waals surface area contributed by atoms with Crippen LogP contribution in [0.4, 0.5) is 5.69 Å². The maximum atomic E-state index is 11.6. The van der Waals surface area contributed by atoms with E-state index in [4.69, 9.17) is 5.73 Å². The van der Waals surface area contributed by atoms with Gasteiger partial charge in [0.2, 0.25) is 0 Å². The predicted molar refractivity (Wildman–Crippen MR) is 71.7 cm³/mol. The van der Waals surface area contributed by atoms with Crippen LogP contribution in [-0.2, 0) is 10.3 Å². The smallest absolute Gasteiger partial charge is 0.250 e. The third-order valence-electron chi connectivity index (χ3n) is 3.87. The molecule has 1 atom stereocenters. The average molecular weight is 252 g/mol. The molecule has 94 valence electrons. The summed E-state index contributed by atoms with van der Waals surface area (Å²) in [6, 6.07) is 7.90. The molecule has 5 heteroatoms. The van der Waals surface area contributed by atoms with E-state index < -0.39 is 11.4 Å². The highest BCUT2D eigenvalue weighted by Gasteiger charge is 2.52. The number of nitrogens with one attached hydrogen (secondary N) is 2. The van der Waals surface area contributed by atoms with Crippen molar-refractivity contribution in [3.05, 3.63) is 53.3 Å². The van der Waals surface area contributed by atoms with Gasteiger partial charge in [0.15, 0.2) is 0 Å². The lowest BCUT2D eigenvalue weighted by Crippen LogP contribution is -2.47. The first-order chi connectivity index (χ1) is 9.23. The van der Waals surface area contributed by atoms with Crippen LogP contribution in [-0.4, -0.2) is 18.3 Å². The lowest BCUT2D eigenvalue weighted by atomic mass is 9.78. The van der Waals surface area contributed by atoms with Crippen molar-refractivity contribution < 1.29 is 4.79 Å². The molecule has 2 heterocycles. The Morgan fingerprint density at radius 2 is 2.16 bits per heavy atom. The van der Waals surface area contributed by atoms with Gasteiger partial charge < -0.3 is 11.1 Å². The second-order valence-corrected chi connectivity index (χ2v) is 4.78. The van der Waals surface area contributed by atoms with Gasteiger partial charge >= 0.3 is 0 Å². The summed E-state index contributed by atoms with van der Waals surface area (Å²) < 4.78 is 0. The zero-order valence-electron chi connectivity index (χ0n) is 10.1. The normalized spacial score (nSPS) is 26.4. The van der Waals surface area contributed by atoms with Crippen molar-refractivity contribution in [3.63, 3.8) is 0 Å². The molecule has 1 amide bonds. The molecule has 1 fully saturated rings. The topological polar surface area (TPSA) is 79.5 Å². The Bertz CT molecular complexity index is 701. The highest BCUT2D eigenvalue weighted by molar-refractivity contribution is 6.29. The van der Waals surface area contributed by atoms with Gasteiger partial charge in [0.25, 0.3) is 5.91 Å². The molecule has 4 rings (SSSR count). The Labute approximate surface area is 109 Å². The lowest BCUT2D eigenvalue weighted by Gasteiger charge is -2.30. The second kappa shape index (κ2) is 3.33. The largest absolute Gasteiger partial charge is 0.374 e. The number of fused-ring (bicyclic) bond motifs is 1. The Morgan fingerprint density at radius 1 is 1.32 bits per heavy atom. The molecule has 4 N–H and O–H groups in total. The van der Waals surface area contributed by atoms with E-state index in [0.717, 1.165) is 16.9 Å². The summed E-state index contributed by atoms with van der Waals surface area (Å²) in [7, 11) is 0. The van der Waals surface area contributed by atoms with E-state index in [1.807, 2.05) is 30.3 Å². The Morgan fingerprint density at radius 3 is 3.00 bits per heavy atom. The van der Waals surface area contributed by atoms with Gasteiger partial charge in [0.1, 0.15) is 5.54 Å². The van der Waals surface area contributed by atoms with Crippen LogP contribution in [0, 0.1) is 0 Å². The summed E-state index contributed by atoms with van der Waals surface area (Å²) in [5.74, 6) is -0.449. The van der Waals surface area contributed by atoms with Gasteiger partial charge in [-0.25, -0.2) is 4.99 Å². The minimum Gasteiger partial charge on any atom is -0.374 e. The molecule has 0 aromatic heterocycles. The quantitative estimate of drug-likeness (QED) is 0.678. The number of para-hydroxylation sites is 1. The van der Waals surface area contributed by atoms with Gasteiger partial charge in [-0.2, -0.15) is 0 Å². The summed E-state index contributed by atoms with van der Waals surface area (Å²) in [4.78, 5) is 16.2. The summed E-state index contributed by atoms with van der Waals surface area (Å²) in [5.41, 5.74) is 9.07. The second-order valence-electron chi connectivity index (χ2n) is 4.78. The number of hydrogen-bond donors (Lipinski definition) is 3. The van der Waals surface area contributed by atoms with Gasteiger partial charge in [-0.3, -0.25) is 10.1 Å². The van der Waals surface area contributed by atoms with Crippen LogP contribution in [0.15, 0.2) is 52.7 Å². The van der Waals surface area contributed by atoms with E-state index in [2.05, 4.69) is 15.6 Å². The molecule has 1 aromatic rings. The van der Waals surface area contributed by atoms with Crippen molar-refractivity contribution in [1.82, 2.24) is 10.6 Å². The fourth-order valence-corrected chi connectivity index (χ4v) is 3.06. The summed E-state index contributed by atoms with van der Waals surface area (Å²) in [5, 5.41) is 6.71. The molecule has 1 saturated heterocycles. The molecule has 0 radical (unpaired) electrons. The Balaban J connectivity index is 2.03. The van der Waals surface area contributed by atoms with Crippen LogP contribution in [0.1, 0.15) is 5.56 Å². The van der Waals surface area contributed by atoms with Crippen molar-refractivity contribution in [3.8, 4) is 0 Å². The molecule has 19 heavy (non-hydrogen) atoms. The fourth-order valence-electron chi connectivity index (χ4n) is 3.06. The molecule has 1 aliphatic carbocycles. The fraction of sp³-hybridized carbons (Fsp3) is 0.143. The lowest BCUT2D eigenvalue weighted by molar-refractivity contribution is -0.114. The number of carbonyl (C=O) groups excluding carboxylic acids is 1. The third-order valence-corrected chi connectivity index (χ3v) is 3.87. The monoisotopic (exact) mass is 252 g/mol. The molecule has 1 spiro atoms. The number of nitrogens with zero attached hydrogens (tertiary/aromatic N) is 1. The highest BCUT2D eigenvalue weighted by Crippen LogP contribution is 2.47. The highest BCUT2D eigenvalue weighted by atomic mass is 16.1. The van der Waals surface area contributed by atoms with Crippen LogP contribution >= 0.6 is 0 Å². The van der Waals surface area contributed by atoms with Gasteiger partial charge in [0, 0.05) is 11.3 Å². The number of amides is 1. The van der Waals surface area contributed by atoms with E-state index in [-0.39, 0.29) is 0 Å². The zero-order chi connectivity index (χ0) is 13.0. The van der Waals surface area contributed by atoms with Crippen molar-refractivity contribution in [2.24, 2.45) is 10.7 Å². The average Bonchev–Trinajstić information content (AvgIpc) is 2.97. The number of allylic oxidation sites excluding steroid dienone is 2. The van der Waals surface area contributed by atoms with Gasteiger partial charge in [0.05, 0.1) is 23.6 Å². The standard InChI is InChI=1S/C14H12N4O/c15-13(19)8-5-6-11-14(17-7-16-11)9-3-1-2-4-10(9)18-12(8)14/h1-6,16-17H,7H2,(H2,15,19). The molecular formula is C14H12N4O. The number of carbonyl (C=O) groups is 1. The first kappa shape index (κ1) is 10.5. The van der Waals surface area contributed by atoms with Crippen LogP contribution in [0.3, 0.4) is 0 Å². The Hall–Kier alpha value is -2.40. The van der Waals surface area contributed by atoms with E-state index in [9.17, 15) is 4.79 Å².